The van der Waals surface area contributed by atoms with Crippen molar-refractivity contribution in [3.63, 3.8) is 0 Å². The Morgan fingerprint density at radius 3 is 2.11 bits per heavy atom. The van der Waals surface area contributed by atoms with Crippen LogP contribution in [0.25, 0.3) is 0 Å². The minimum Gasteiger partial charge on any atom is -0.394 e. The molecule has 3 heterocycles. The van der Waals surface area contributed by atoms with Gasteiger partial charge in [-0.1, -0.05) is 12.8 Å². The van der Waals surface area contributed by atoms with E-state index in [-0.39, 0.29) is 12.8 Å². The molecule has 5 rings (SSSR count). The zero-order chi connectivity index (χ0) is 31.9. The molecule has 17 heteroatoms. The molecular formula is C27H52N6O11. The maximum Gasteiger partial charge on any atom is 0.189 e. The molecule has 0 aromatic heterocycles. The molecule has 3 aliphatic heterocycles. The third-order valence-corrected chi connectivity index (χ3v) is 9.98. The van der Waals surface area contributed by atoms with Gasteiger partial charge in [0, 0.05) is 24.2 Å². The van der Waals surface area contributed by atoms with Crippen molar-refractivity contribution >= 4 is 0 Å². The Hall–Kier alpha value is -0.680. The zero-order valence-electron chi connectivity index (χ0n) is 25.0. The van der Waals surface area contributed by atoms with Gasteiger partial charge in [0.05, 0.1) is 36.9 Å². The average Bonchev–Trinajstić information content (AvgIpc) is 3.42. The van der Waals surface area contributed by atoms with E-state index in [0.717, 1.165) is 25.7 Å². The second-order valence-electron chi connectivity index (χ2n) is 13.2. The van der Waals surface area contributed by atoms with Crippen LogP contribution in [0.5, 0.6) is 0 Å². The smallest absolute Gasteiger partial charge is 0.189 e. The van der Waals surface area contributed by atoms with Crippen LogP contribution in [0.1, 0.15) is 38.5 Å². The van der Waals surface area contributed by atoms with Gasteiger partial charge in [-0.2, -0.15) is 0 Å². The summed E-state index contributed by atoms with van der Waals surface area (Å²) in [5, 5.41) is 70.2. The Kier molecular flexibility index (Phi) is 11.2. The monoisotopic (exact) mass is 636 g/mol. The summed E-state index contributed by atoms with van der Waals surface area (Å²) in [5.74, 6) is 0. The van der Waals surface area contributed by atoms with Crippen LogP contribution in [0, 0.1) is 0 Å². The summed E-state index contributed by atoms with van der Waals surface area (Å²) in [6, 6.07) is -3.83. The van der Waals surface area contributed by atoms with Crippen LogP contribution < -0.4 is 33.6 Å². The highest BCUT2D eigenvalue weighted by molar-refractivity contribution is 5.02. The van der Waals surface area contributed by atoms with Gasteiger partial charge in [-0.25, -0.2) is 0 Å². The van der Waals surface area contributed by atoms with E-state index < -0.39 is 116 Å². The maximum atomic E-state index is 11.3. The molecule has 2 aliphatic carbocycles. The van der Waals surface area contributed by atoms with E-state index >= 15 is 0 Å². The van der Waals surface area contributed by atoms with Gasteiger partial charge in [-0.05, 0) is 32.7 Å². The molecule has 2 saturated carbocycles. The summed E-state index contributed by atoms with van der Waals surface area (Å²) >= 11 is 0. The second-order valence-corrected chi connectivity index (χ2v) is 13.2. The number of nitrogens with two attached hydrogens (primary N) is 4. The van der Waals surface area contributed by atoms with Crippen LogP contribution in [-0.2, 0) is 23.7 Å². The van der Waals surface area contributed by atoms with Crippen molar-refractivity contribution in [1.82, 2.24) is 10.6 Å². The van der Waals surface area contributed by atoms with Crippen molar-refractivity contribution in [3.05, 3.63) is 0 Å². The molecule has 0 amide bonds. The van der Waals surface area contributed by atoms with E-state index in [1.54, 1.807) is 7.05 Å². The summed E-state index contributed by atoms with van der Waals surface area (Å²) in [4.78, 5) is 0. The van der Waals surface area contributed by atoms with Gasteiger partial charge in [0.2, 0.25) is 0 Å². The first kappa shape index (κ1) is 34.6. The van der Waals surface area contributed by atoms with Crippen molar-refractivity contribution in [2.75, 3.05) is 20.2 Å². The molecule has 17 nitrogen and oxygen atoms in total. The Balaban J connectivity index is 1.21. The fraction of sp³-hybridized carbons (Fsp3) is 1.00. The lowest BCUT2D eigenvalue weighted by Crippen LogP contribution is -2.70. The number of hydrogen-bond acceptors (Lipinski definition) is 17. The molecule has 3 saturated heterocycles. The first-order valence-corrected chi connectivity index (χ1v) is 15.6. The normalized spacial score (nSPS) is 51.2. The van der Waals surface area contributed by atoms with E-state index in [2.05, 4.69) is 10.6 Å². The summed E-state index contributed by atoms with van der Waals surface area (Å²) in [5.41, 5.74) is 24.4. The summed E-state index contributed by atoms with van der Waals surface area (Å²) in [6.45, 7) is -0.0695. The van der Waals surface area contributed by atoms with Crippen molar-refractivity contribution in [2.24, 2.45) is 22.9 Å². The third-order valence-electron chi connectivity index (χ3n) is 9.98. The molecule has 5 fully saturated rings. The number of aliphatic hydroxyl groups is 6. The van der Waals surface area contributed by atoms with E-state index in [0.29, 0.717) is 6.54 Å². The number of likely N-dealkylation sites (N-methyl/N-ethyl adjacent to an activating group) is 1. The summed E-state index contributed by atoms with van der Waals surface area (Å²) < 4.78 is 30.0. The Labute approximate surface area is 256 Å². The van der Waals surface area contributed by atoms with Crippen molar-refractivity contribution < 1.29 is 54.3 Å². The van der Waals surface area contributed by atoms with E-state index in [9.17, 15) is 30.6 Å². The molecule has 17 atom stereocenters. The fourth-order valence-corrected chi connectivity index (χ4v) is 7.26. The molecule has 0 spiro atoms. The van der Waals surface area contributed by atoms with Gasteiger partial charge in [-0.3, -0.25) is 0 Å². The molecular weight excluding hydrogens is 584 g/mol. The van der Waals surface area contributed by atoms with Crippen molar-refractivity contribution in [1.29, 1.82) is 0 Å². The number of fused-ring (bicyclic) bond motifs is 1. The van der Waals surface area contributed by atoms with E-state index in [4.69, 9.17) is 46.6 Å². The molecule has 5 aliphatic rings. The minimum atomic E-state index is -1.51. The number of rotatable bonds is 9. The highest BCUT2D eigenvalue weighted by atomic mass is 16.8. The SMILES string of the molecule is CNC1C(O[C@H]2OC(CO)[C@@H](NCC3(N)CCCC3)[C@H](O)C2O)O[C@H]2CC(N)[C@@H](O[C@@H]3C(N)C[C@@H](N)C(O)[C@H]3O)OC2C1O. The molecule has 16 N–H and O–H groups in total. The standard InChI is InChI=1S/C27H52N6O11/c1-32-16-19(37)23-13(7-12(30)24(43-23)42-22-11(29)6-10(28)17(35)20(22)38)40-25(16)44-26-21(39)18(36)15(14(8-34)41-26)33-9-27(31)4-2-3-5-27/h10-26,32-39H,2-9,28-31H2,1H3/t10-,11?,12?,13+,14?,15-,16?,17?,18+,19?,20-,21?,22-,23?,24+,25?,26-/m1/s1. The first-order chi connectivity index (χ1) is 20.9. The van der Waals surface area contributed by atoms with Crippen LogP contribution in [0.15, 0.2) is 0 Å². The molecule has 9 unspecified atom stereocenters. The number of aliphatic hydroxyl groups excluding tert-OH is 6. The third kappa shape index (κ3) is 6.95. The van der Waals surface area contributed by atoms with Crippen LogP contribution in [0.2, 0.25) is 0 Å². The predicted molar refractivity (Wildman–Crippen MR) is 152 cm³/mol. The van der Waals surface area contributed by atoms with Gasteiger partial charge in [-0.15, -0.1) is 0 Å². The maximum absolute atomic E-state index is 11.3. The molecule has 44 heavy (non-hydrogen) atoms. The van der Waals surface area contributed by atoms with Crippen LogP contribution in [0.4, 0.5) is 0 Å². The minimum absolute atomic E-state index is 0.158. The number of hydrogen-bond donors (Lipinski definition) is 12. The lowest BCUT2D eigenvalue weighted by molar-refractivity contribution is -0.373. The topological polar surface area (TPSA) is 296 Å². The van der Waals surface area contributed by atoms with E-state index in [1.165, 1.54) is 0 Å². The predicted octanol–water partition coefficient (Wildman–Crippen LogP) is -6.05. The Morgan fingerprint density at radius 2 is 1.45 bits per heavy atom. The summed E-state index contributed by atoms with van der Waals surface area (Å²) in [7, 11) is 1.58. The first-order valence-electron chi connectivity index (χ1n) is 15.6. The second kappa shape index (κ2) is 14.2. The number of nitrogens with one attached hydrogen (secondary N) is 2. The lowest BCUT2D eigenvalue weighted by atomic mass is 9.84. The van der Waals surface area contributed by atoms with Gasteiger partial charge in [0.25, 0.3) is 0 Å². The van der Waals surface area contributed by atoms with Crippen LogP contribution in [-0.4, -0.2) is 160 Å². The molecule has 256 valence electrons. The van der Waals surface area contributed by atoms with Crippen LogP contribution >= 0.6 is 0 Å². The number of ether oxygens (including phenoxy) is 5. The van der Waals surface area contributed by atoms with Gasteiger partial charge >= 0.3 is 0 Å². The fourth-order valence-electron chi connectivity index (χ4n) is 7.26. The largest absolute Gasteiger partial charge is 0.394 e. The van der Waals surface area contributed by atoms with Gasteiger partial charge in [0.1, 0.15) is 42.7 Å². The zero-order valence-corrected chi connectivity index (χ0v) is 25.0. The highest BCUT2D eigenvalue weighted by Gasteiger charge is 2.54. The Bertz CT molecular complexity index is 935. The van der Waals surface area contributed by atoms with Crippen molar-refractivity contribution in [3.8, 4) is 0 Å². The highest BCUT2D eigenvalue weighted by Crippen LogP contribution is 2.36. The van der Waals surface area contributed by atoms with Crippen LogP contribution in [0.3, 0.4) is 0 Å². The molecule has 0 aromatic carbocycles. The summed E-state index contributed by atoms with van der Waals surface area (Å²) in [6.07, 6.45) is -9.85. The van der Waals surface area contributed by atoms with E-state index in [1.807, 2.05) is 0 Å². The Morgan fingerprint density at radius 1 is 0.750 bits per heavy atom. The lowest BCUT2D eigenvalue weighted by Gasteiger charge is -2.51. The van der Waals surface area contributed by atoms with Crippen molar-refractivity contribution in [2.45, 2.75) is 148 Å². The van der Waals surface area contributed by atoms with Gasteiger partial charge < -0.3 is 87.9 Å². The quantitative estimate of drug-likeness (QED) is 0.112. The average molecular weight is 637 g/mol. The molecule has 0 bridgehead atoms. The van der Waals surface area contributed by atoms with Gasteiger partial charge in [0.15, 0.2) is 18.9 Å². The molecule has 0 aromatic rings. The molecule has 0 radical (unpaired) electrons.